The minimum atomic E-state index is -1.06. The molecule has 4 rings (SSSR count). The van der Waals surface area contributed by atoms with Crippen LogP contribution >= 0.6 is 23.1 Å². The van der Waals surface area contributed by atoms with Crippen molar-refractivity contribution in [3.8, 4) is 0 Å². The molecule has 1 amide bonds. The van der Waals surface area contributed by atoms with E-state index >= 15 is 0 Å². The number of carbonyl (C=O) groups is 2. The highest BCUT2D eigenvalue weighted by Gasteiger charge is 2.22. The first-order chi connectivity index (χ1) is 13.6. The quantitative estimate of drug-likeness (QED) is 0.318. The molecule has 7 nitrogen and oxygen atoms in total. The van der Waals surface area contributed by atoms with E-state index in [9.17, 15) is 14.7 Å². The zero-order chi connectivity index (χ0) is 19.5. The Bertz CT molecular complexity index is 1150. The molecular weight excluding hydrogens is 396 g/mol. The number of H-pyrrole nitrogens is 1. The van der Waals surface area contributed by atoms with E-state index < -0.39 is 12.0 Å². The third kappa shape index (κ3) is 3.85. The fourth-order valence-electron chi connectivity index (χ4n) is 2.97. The highest BCUT2D eigenvalue weighted by atomic mass is 32.2. The SMILES string of the molecule is O=C(CSc1ncnc2sccc12)NC(Cc1c[nH]c2ccccc12)C(=O)O. The molecule has 0 aliphatic rings. The van der Waals surface area contributed by atoms with Crippen molar-refractivity contribution in [2.24, 2.45) is 0 Å². The van der Waals surface area contributed by atoms with Crippen LogP contribution in [-0.4, -0.2) is 43.7 Å². The number of benzene rings is 1. The van der Waals surface area contributed by atoms with Crippen LogP contribution in [0.5, 0.6) is 0 Å². The molecule has 1 aromatic carbocycles. The van der Waals surface area contributed by atoms with Crippen LogP contribution in [0.1, 0.15) is 5.56 Å². The molecule has 4 aromatic rings. The van der Waals surface area contributed by atoms with Gasteiger partial charge in [0.15, 0.2) is 0 Å². The van der Waals surface area contributed by atoms with Gasteiger partial charge in [0.25, 0.3) is 0 Å². The van der Waals surface area contributed by atoms with Crippen molar-refractivity contribution in [1.82, 2.24) is 20.3 Å². The summed E-state index contributed by atoms with van der Waals surface area (Å²) in [5.41, 5.74) is 1.79. The van der Waals surface area contributed by atoms with E-state index in [0.717, 1.165) is 26.7 Å². The predicted octanol–water partition coefficient (Wildman–Crippen LogP) is 3.08. The van der Waals surface area contributed by atoms with Gasteiger partial charge in [-0.05, 0) is 23.1 Å². The van der Waals surface area contributed by atoms with Crippen molar-refractivity contribution in [1.29, 1.82) is 0 Å². The van der Waals surface area contributed by atoms with Gasteiger partial charge in [-0.3, -0.25) is 4.79 Å². The maximum Gasteiger partial charge on any atom is 0.326 e. The van der Waals surface area contributed by atoms with E-state index in [-0.39, 0.29) is 18.1 Å². The molecule has 0 fully saturated rings. The number of carboxylic acid groups (broad SMARTS) is 1. The number of thioether (sulfide) groups is 1. The zero-order valence-electron chi connectivity index (χ0n) is 14.6. The van der Waals surface area contributed by atoms with Crippen LogP contribution in [0.4, 0.5) is 0 Å². The lowest BCUT2D eigenvalue weighted by atomic mass is 10.1. The summed E-state index contributed by atoms with van der Waals surface area (Å²) >= 11 is 2.78. The Morgan fingerprint density at radius 2 is 2.07 bits per heavy atom. The minimum absolute atomic E-state index is 0.0830. The number of hydrogen-bond donors (Lipinski definition) is 3. The molecule has 0 aliphatic carbocycles. The van der Waals surface area contributed by atoms with Gasteiger partial charge in [0.2, 0.25) is 5.91 Å². The average Bonchev–Trinajstić information content (AvgIpc) is 3.33. The Morgan fingerprint density at radius 3 is 2.93 bits per heavy atom. The monoisotopic (exact) mass is 412 g/mol. The van der Waals surface area contributed by atoms with Crippen LogP contribution in [0.25, 0.3) is 21.1 Å². The van der Waals surface area contributed by atoms with Crippen LogP contribution < -0.4 is 5.32 Å². The Hall–Kier alpha value is -2.91. The molecule has 1 atom stereocenters. The first-order valence-electron chi connectivity index (χ1n) is 8.50. The van der Waals surface area contributed by atoms with E-state index in [1.807, 2.05) is 35.7 Å². The molecule has 0 bridgehead atoms. The van der Waals surface area contributed by atoms with Gasteiger partial charge in [-0.1, -0.05) is 30.0 Å². The van der Waals surface area contributed by atoms with Crippen LogP contribution in [0.3, 0.4) is 0 Å². The van der Waals surface area contributed by atoms with Crippen molar-refractivity contribution in [3.63, 3.8) is 0 Å². The summed E-state index contributed by atoms with van der Waals surface area (Å²) in [5.74, 6) is -1.33. The number of aliphatic carboxylic acids is 1. The highest BCUT2D eigenvalue weighted by Crippen LogP contribution is 2.27. The van der Waals surface area contributed by atoms with E-state index in [0.29, 0.717) is 5.03 Å². The number of carbonyl (C=O) groups excluding carboxylic acids is 1. The number of thiophene rings is 1. The lowest BCUT2D eigenvalue weighted by molar-refractivity contribution is -0.141. The predicted molar refractivity (Wildman–Crippen MR) is 110 cm³/mol. The summed E-state index contributed by atoms with van der Waals surface area (Å²) in [7, 11) is 0. The van der Waals surface area contributed by atoms with Crippen LogP contribution in [0, 0.1) is 0 Å². The molecule has 1 unspecified atom stereocenters. The third-order valence-corrected chi connectivity index (χ3v) is 6.12. The topological polar surface area (TPSA) is 108 Å². The largest absolute Gasteiger partial charge is 0.480 e. The first-order valence-corrected chi connectivity index (χ1v) is 10.4. The molecule has 3 N–H and O–H groups in total. The number of amides is 1. The van der Waals surface area contributed by atoms with Crippen LogP contribution in [0.15, 0.2) is 53.3 Å². The van der Waals surface area contributed by atoms with Crippen LogP contribution in [-0.2, 0) is 16.0 Å². The molecule has 3 aromatic heterocycles. The lowest BCUT2D eigenvalue weighted by Gasteiger charge is -2.14. The number of nitrogens with zero attached hydrogens (tertiary/aromatic N) is 2. The van der Waals surface area contributed by atoms with E-state index in [1.54, 1.807) is 6.20 Å². The summed E-state index contributed by atoms with van der Waals surface area (Å²) in [4.78, 5) is 36.4. The maximum absolute atomic E-state index is 12.4. The zero-order valence-corrected chi connectivity index (χ0v) is 16.2. The van der Waals surface area contributed by atoms with Gasteiger partial charge in [-0.2, -0.15) is 0 Å². The van der Waals surface area contributed by atoms with Crippen LogP contribution in [0.2, 0.25) is 0 Å². The van der Waals surface area contributed by atoms with Gasteiger partial charge in [-0.15, -0.1) is 11.3 Å². The number of aromatic nitrogens is 3. The number of fused-ring (bicyclic) bond motifs is 2. The summed E-state index contributed by atoms with van der Waals surface area (Å²) in [6.45, 7) is 0. The first kappa shape index (κ1) is 18.5. The molecule has 9 heteroatoms. The summed E-state index contributed by atoms with van der Waals surface area (Å²) in [6, 6.07) is 8.58. The lowest BCUT2D eigenvalue weighted by Crippen LogP contribution is -2.43. The number of rotatable bonds is 7. The summed E-state index contributed by atoms with van der Waals surface area (Å²) in [5, 5.41) is 16.7. The van der Waals surface area contributed by atoms with Gasteiger partial charge < -0.3 is 15.4 Å². The van der Waals surface area contributed by atoms with Gasteiger partial charge >= 0.3 is 5.97 Å². The van der Waals surface area contributed by atoms with Gasteiger partial charge in [0, 0.05) is 28.9 Å². The van der Waals surface area contributed by atoms with Crippen molar-refractivity contribution in [2.45, 2.75) is 17.5 Å². The van der Waals surface area contributed by atoms with E-state index in [4.69, 9.17) is 0 Å². The molecule has 0 saturated carbocycles. The molecule has 0 saturated heterocycles. The van der Waals surface area contributed by atoms with E-state index in [1.165, 1.54) is 29.4 Å². The average molecular weight is 412 g/mol. The molecule has 28 heavy (non-hydrogen) atoms. The third-order valence-electron chi connectivity index (χ3n) is 4.30. The second kappa shape index (κ2) is 7.99. The Kier molecular flexibility index (Phi) is 5.27. The molecule has 142 valence electrons. The Morgan fingerprint density at radius 1 is 1.21 bits per heavy atom. The molecule has 0 aliphatic heterocycles. The maximum atomic E-state index is 12.4. The van der Waals surface area contributed by atoms with Crippen molar-refractivity contribution < 1.29 is 14.7 Å². The molecule has 3 heterocycles. The highest BCUT2D eigenvalue weighted by molar-refractivity contribution is 8.00. The summed E-state index contributed by atoms with van der Waals surface area (Å²) in [6.07, 6.45) is 3.46. The smallest absolute Gasteiger partial charge is 0.326 e. The standard InChI is InChI=1S/C19H16N4O3S2/c24-16(9-28-18-13-5-6-27-17(13)21-10-22-18)23-15(19(25)26)7-11-8-20-14-4-2-1-3-12(11)14/h1-6,8,10,15,20H,7,9H2,(H,23,24)(H,25,26). The number of hydrogen-bond acceptors (Lipinski definition) is 6. The number of carboxylic acids is 1. The minimum Gasteiger partial charge on any atom is -0.480 e. The van der Waals surface area contributed by atoms with Crippen molar-refractivity contribution in [3.05, 3.63) is 53.8 Å². The number of aromatic amines is 1. The fourth-order valence-corrected chi connectivity index (χ4v) is 4.56. The Balaban J connectivity index is 1.42. The van der Waals surface area contributed by atoms with Gasteiger partial charge in [0.05, 0.1) is 5.75 Å². The van der Waals surface area contributed by atoms with E-state index in [2.05, 4.69) is 20.3 Å². The Labute approximate surface area is 168 Å². The molecule has 0 spiro atoms. The number of nitrogens with one attached hydrogen (secondary N) is 2. The summed E-state index contributed by atoms with van der Waals surface area (Å²) < 4.78 is 0. The number of para-hydroxylation sites is 1. The second-order valence-electron chi connectivity index (χ2n) is 6.13. The van der Waals surface area contributed by atoms with Gasteiger partial charge in [-0.25, -0.2) is 14.8 Å². The second-order valence-corrected chi connectivity index (χ2v) is 7.99. The van der Waals surface area contributed by atoms with Gasteiger partial charge in [0.1, 0.15) is 22.2 Å². The molecular formula is C19H16N4O3S2. The normalized spacial score (nSPS) is 12.3. The van der Waals surface area contributed by atoms with Crippen molar-refractivity contribution >= 4 is 56.1 Å². The molecule has 0 radical (unpaired) electrons. The fraction of sp³-hybridized carbons (Fsp3) is 0.158. The van der Waals surface area contributed by atoms with Crippen molar-refractivity contribution in [2.75, 3.05) is 5.75 Å².